The molecule has 3 nitrogen and oxygen atoms in total. The Kier molecular flexibility index (Phi) is 4.37. The van der Waals surface area contributed by atoms with Crippen molar-refractivity contribution < 1.29 is 14.3 Å². The van der Waals surface area contributed by atoms with Crippen molar-refractivity contribution in [1.29, 1.82) is 0 Å². The number of thioether (sulfide) groups is 1. The van der Waals surface area contributed by atoms with Gasteiger partial charge in [0.25, 0.3) is 0 Å². The van der Waals surface area contributed by atoms with Gasteiger partial charge in [0, 0.05) is 4.90 Å². The summed E-state index contributed by atoms with van der Waals surface area (Å²) in [5.74, 6) is 0.638. The second-order valence-corrected chi connectivity index (χ2v) is 4.16. The lowest BCUT2D eigenvalue weighted by Crippen LogP contribution is -1.99. The molecule has 0 radical (unpaired) electrons. The Morgan fingerprint density at radius 3 is 2.33 bits per heavy atom. The fourth-order valence-corrected chi connectivity index (χ4v) is 1.83. The zero-order valence-corrected chi connectivity index (χ0v) is 9.47. The maximum absolute atomic E-state index is 11.3. The summed E-state index contributed by atoms with van der Waals surface area (Å²) in [6.45, 7) is 1.41. The summed E-state index contributed by atoms with van der Waals surface area (Å²) in [6.07, 6.45) is -0.0172. The van der Waals surface area contributed by atoms with E-state index in [1.165, 1.54) is 6.92 Å². The molecule has 0 fully saturated rings. The number of ether oxygens (including phenoxy) is 1. The van der Waals surface area contributed by atoms with Crippen LogP contribution in [0.4, 0.5) is 0 Å². The quantitative estimate of drug-likeness (QED) is 0.581. The average molecular weight is 224 g/mol. The molecule has 1 rings (SSSR count). The molecule has 0 aliphatic rings. The Bertz CT molecular complexity index is 357. The highest BCUT2D eigenvalue weighted by Gasteiger charge is 2.07. The highest BCUT2D eigenvalue weighted by atomic mass is 32.2. The smallest absolute Gasteiger partial charge is 0.201 e. The van der Waals surface area contributed by atoms with Gasteiger partial charge in [-0.15, -0.1) is 0 Å². The monoisotopic (exact) mass is 224 g/mol. The average Bonchev–Trinajstić information content (AvgIpc) is 2.17. The molecule has 4 heteroatoms. The SMILES string of the molecule is COc1ccc(SC(=O)CC(C)=O)cc1. The number of carbonyl (C=O) groups is 2. The van der Waals surface area contributed by atoms with Crippen molar-refractivity contribution in [3.8, 4) is 5.75 Å². The molecule has 80 valence electrons. The Morgan fingerprint density at radius 1 is 1.27 bits per heavy atom. The van der Waals surface area contributed by atoms with E-state index >= 15 is 0 Å². The van der Waals surface area contributed by atoms with E-state index in [-0.39, 0.29) is 17.3 Å². The van der Waals surface area contributed by atoms with Crippen molar-refractivity contribution in [2.45, 2.75) is 18.2 Å². The summed E-state index contributed by atoms with van der Waals surface area (Å²) >= 11 is 1.08. The Morgan fingerprint density at radius 2 is 1.87 bits per heavy atom. The number of Topliss-reactive ketones (excluding diaryl/α,β-unsaturated/α-hetero) is 1. The summed E-state index contributed by atoms with van der Waals surface area (Å²) in [4.78, 5) is 22.8. The molecule has 0 saturated heterocycles. The van der Waals surface area contributed by atoms with E-state index in [0.717, 1.165) is 22.4 Å². The lowest BCUT2D eigenvalue weighted by molar-refractivity contribution is -0.121. The second kappa shape index (κ2) is 5.56. The van der Waals surface area contributed by atoms with Crippen molar-refractivity contribution in [1.82, 2.24) is 0 Å². The molecular weight excluding hydrogens is 212 g/mol. The normalized spacial score (nSPS) is 9.73. The Labute approximate surface area is 92.8 Å². The summed E-state index contributed by atoms with van der Waals surface area (Å²) in [7, 11) is 1.59. The molecular formula is C11H12O3S. The molecule has 0 amide bonds. The summed E-state index contributed by atoms with van der Waals surface area (Å²) in [5, 5.41) is -0.132. The predicted molar refractivity (Wildman–Crippen MR) is 59.2 cm³/mol. The van der Waals surface area contributed by atoms with E-state index in [1.54, 1.807) is 31.4 Å². The van der Waals surface area contributed by atoms with Gasteiger partial charge in [-0.05, 0) is 31.2 Å². The maximum atomic E-state index is 11.3. The Balaban J connectivity index is 2.57. The molecule has 0 heterocycles. The number of benzene rings is 1. The van der Waals surface area contributed by atoms with Crippen LogP contribution in [0.1, 0.15) is 13.3 Å². The zero-order chi connectivity index (χ0) is 11.3. The lowest BCUT2D eigenvalue weighted by Gasteiger charge is -2.01. The van der Waals surface area contributed by atoms with Crippen molar-refractivity contribution >= 4 is 22.7 Å². The van der Waals surface area contributed by atoms with E-state index in [4.69, 9.17) is 4.74 Å². The number of carbonyl (C=O) groups excluding carboxylic acids is 2. The Hall–Kier alpha value is -1.29. The van der Waals surface area contributed by atoms with Crippen LogP contribution in [0.5, 0.6) is 5.75 Å². The van der Waals surface area contributed by atoms with E-state index < -0.39 is 0 Å². The van der Waals surface area contributed by atoms with Gasteiger partial charge in [0.05, 0.1) is 13.5 Å². The molecule has 1 aromatic rings. The van der Waals surface area contributed by atoms with Crippen molar-refractivity contribution in [2.24, 2.45) is 0 Å². The van der Waals surface area contributed by atoms with Crippen LogP contribution in [-0.2, 0) is 9.59 Å². The molecule has 0 saturated carbocycles. The molecule has 0 aromatic heterocycles. The van der Waals surface area contributed by atoms with Gasteiger partial charge in [-0.3, -0.25) is 9.59 Å². The second-order valence-electron chi connectivity index (χ2n) is 3.03. The first-order chi connectivity index (χ1) is 7.11. The molecule has 1 aromatic carbocycles. The summed E-state index contributed by atoms with van der Waals surface area (Å²) in [5.41, 5.74) is 0. The van der Waals surface area contributed by atoms with Crippen LogP contribution in [0.15, 0.2) is 29.2 Å². The van der Waals surface area contributed by atoms with Crippen LogP contribution < -0.4 is 4.74 Å². The highest BCUT2D eigenvalue weighted by molar-refractivity contribution is 8.13. The van der Waals surface area contributed by atoms with Crippen molar-refractivity contribution in [3.63, 3.8) is 0 Å². The van der Waals surface area contributed by atoms with Crippen LogP contribution in [0.25, 0.3) is 0 Å². The van der Waals surface area contributed by atoms with Gasteiger partial charge in [-0.25, -0.2) is 0 Å². The zero-order valence-electron chi connectivity index (χ0n) is 8.65. The van der Waals surface area contributed by atoms with Crippen LogP contribution in [0, 0.1) is 0 Å². The number of rotatable bonds is 4. The van der Waals surface area contributed by atoms with Gasteiger partial charge in [-0.1, -0.05) is 11.8 Å². The summed E-state index contributed by atoms with van der Waals surface area (Å²) < 4.78 is 4.99. The molecule has 15 heavy (non-hydrogen) atoms. The standard InChI is InChI=1S/C11H12O3S/c1-8(12)7-11(13)15-10-5-3-9(14-2)4-6-10/h3-6H,7H2,1-2H3. The first-order valence-corrected chi connectivity index (χ1v) is 5.27. The topological polar surface area (TPSA) is 43.4 Å². The van der Waals surface area contributed by atoms with Gasteiger partial charge >= 0.3 is 0 Å². The van der Waals surface area contributed by atoms with E-state index in [2.05, 4.69) is 0 Å². The first kappa shape index (κ1) is 11.8. The van der Waals surface area contributed by atoms with Crippen LogP contribution in [0.2, 0.25) is 0 Å². The molecule has 0 unspecified atom stereocenters. The molecule has 0 bridgehead atoms. The van der Waals surface area contributed by atoms with Crippen LogP contribution in [-0.4, -0.2) is 18.0 Å². The van der Waals surface area contributed by atoms with E-state index in [1.807, 2.05) is 0 Å². The first-order valence-electron chi connectivity index (χ1n) is 4.46. The molecule has 0 aliphatic carbocycles. The van der Waals surface area contributed by atoms with Gasteiger partial charge < -0.3 is 4.74 Å². The molecule has 0 spiro atoms. The third kappa shape index (κ3) is 4.16. The fraction of sp³-hybridized carbons (Fsp3) is 0.273. The van der Waals surface area contributed by atoms with E-state index in [9.17, 15) is 9.59 Å². The minimum atomic E-state index is -0.132. The minimum Gasteiger partial charge on any atom is -0.497 e. The summed E-state index contributed by atoms with van der Waals surface area (Å²) in [6, 6.07) is 7.15. The maximum Gasteiger partial charge on any atom is 0.201 e. The highest BCUT2D eigenvalue weighted by Crippen LogP contribution is 2.22. The van der Waals surface area contributed by atoms with Crippen molar-refractivity contribution in [2.75, 3.05) is 7.11 Å². The van der Waals surface area contributed by atoms with Gasteiger partial charge in [0.15, 0.2) is 0 Å². The number of methoxy groups -OCH3 is 1. The van der Waals surface area contributed by atoms with Gasteiger partial charge in [0.2, 0.25) is 5.12 Å². The van der Waals surface area contributed by atoms with Crippen LogP contribution >= 0.6 is 11.8 Å². The molecule has 0 atom stereocenters. The molecule has 0 N–H and O–H groups in total. The molecule has 0 aliphatic heterocycles. The van der Waals surface area contributed by atoms with Gasteiger partial charge in [-0.2, -0.15) is 0 Å². The number of ketones is 1. The van der Waals surface area contributed by atoms with E-state index in [0.29, 0.717) is 0 Å². The third-order valence-electron chi connectivity index (χ3n) is 1.68. The van der Waals surface area contributed by atoms with Crippen LogP contribution in [0.3, 0.4) is 0 Å². The largest absolute Gasteiger partial charge is 0.497 e. The van der Waals surface area contributed by atoms with Crippen molar-refractivity contribution in [3.05, 3.63) is 24.3 Å². The minimum absolute atomic E-state index is 0.0172. The van der Waals surface area contributed by atoms with Gasteiger partial charge in [0.1, 0.15) is 11.5 Å². The number of hydrogen-bond donors (Lipinski definition) is 0. The lowest BCUT2D eigenvalue weighted by atomic mass is 10.3. The third-order valence-corrected chi connectivity index (χ3v) is 2.56. The fourth-order valence-electron chi connectivity index (χ4n) is 1.01. The predicted octanol–water partition coefficient (Wildman–Crippen LogP) is 2.29. The number of hydrogen-bond acceptors (Lipinski definition) is 4.